The Morgan fingerprint density at radius 2 is 1.26 bits per heavy atom. The van der Waals surface area contributed by atoms with Crippen LogP contribution < -0.4 is 0 Å². The van der Waals surface area contributed by atoms with Crippen molar-refractivity contribution in [2.24, 2.45) is 0 Å². The van der Waals surface area contributed by atoms with Crippen LogP contribution in [0.3, 0.4) is 0 Å². The molecule has 4 heteroatoms. The lowest BCUT2D eigenvalue weighted by molar-refractivity contribution is 0.446. The van der Waals surface area contributed by atoms with Gasteiger partial charge in [0.15, 0.2) is 0 Å². The predicted molar refractivity (Wildman–Crippen MR) is 244 cm³/mol. The van der Waals surface area contributed by atoms with E-state index in [0.717, 1.165) is 16.7 Å². The summed E-state index contributed by atoms with van der Waals surface area (Å²) in [4.78, 5) is 9.92. The molecule has 0 aliphatic carbocycles. The molecule has 0 aliphatic heterocycles. The van der Waals surface area contributed by atoms with Gasteiger partial charge >= 0.3 is 0 Å². The van der Waals surface area contributed by atoms with Crippen LogP contribution in [0.2, 0.25) is 0 Å². The number of hydrogen-bond donors (Lipinski definition) is 1. The lowest BCUT2D eigenvalue weighted by Crippen LogP contribution is -2.17. The molecule has 0 saturated carbocycles. The van der Waals surface area contributed by atoms with Gasteiger partial charge in [0, 0.05) is 40.8 Å². The van der Waals surface area contributed by atoms with Gasteiger partial charge in [-0.1, -0.05) is 165 Å². The summed E-state index contributed by atoms with van der Waals surface area (Å²) < 4.78 is 123. The molecule has 290 valence electrons. The standard InChI is InChI=1S/C54H53N3O/c1-52(2,3)40-30-38(29-39(31-40)46-32-37(27-28-55-46)35-19-12-10-13-20-35)43-24-18-26-48-49(43)56-51(44-33-41(53(4,5)6)34-45(50(44)58)54(7,8)9)57(48)47-25-17-16-23-42(47)36-21-14-11-15-22-36/h10-34,58H,1-9H3/i1D3,2D3,3D3,10D,12D,13D,19D,20D. The summed E-state index contributed by atoms with van der Waals surface area (Å²) >= 11 is 0. The number of aromatic nitrogens is 3. The molecular formula is C54H53N3O. The number of nitrogens with zero attached hydrogens (tertiary/aromatic N) is 3. The number of phenols is 1. The zero-order chi connectivity index (χ0) is 52.8. The molecule has 0 spiro atoms. The molecule has 0 unspecified atom stereocenters. The molecule has 2 heterocycles. The van der Waals surface area contributed by atoms with Crippen molar-refractivity contribution < 1.29 is 24.3 Å². The van der Waals surface area contributed by atoms with Crippen LogP contribution in [0.4, 0.5) is 0 Å². The highest BCUT2D eigenvalue weighted by Crippen LogP contribution is 2.45. The number of fused-ring (bicyclic) bond motifs is 1. The van der Waals surface area contributed by atoms with Crippen molar-refractivity contribution in [2.45, 2.75) is 78.3 Å². The fraction of sp³-hybridized carbons (Fsp3) is 0.222. The summed E-state index contributed by atoms with van der Waals surface area (Å²) in [7, 11) is 0. The van der Waals surface area contributed by atoms with E-state index < -0.39 is 67.2 Å². The van der Waals surface area contributed by atoms with Gasteiger partial charge < -0.3 is 5.11 Å². The molecule has 0 atom stereocenters. The van der Waals surface area contributed by atoms with Gasteiger partial charge in [0.2, 0.25) is 0 Å². The summed E-state index contributed by atoms with van der Waals surface area (Å²) in [5.41, 5.74) is 1.03. The quantitative estimate of drug-likeness (QED) is 0.183. The number of imidazole rings is 1. The zero-order valence-corrected chi connectivity index (χ0v) is 33.3. The van der Waals surface area contributed by atoms with E-state index >= 15 is 0 Å². The van der Waals surface area contributed by atoms with E-state index in [1.54, 1.807) is 18.2 Å². The van der Waals surface area contributed by atoms with E-state index in [4.69, 9.17) is 24.2 Å². The highest BCUT2D eigenvalue weighted by Gasteiger charge is 2.29. The average molecular weight is 774 g/mol. The van der Waals surface area contributed by atoms with Gasteiger partial charge in [-0.15, -0.1) is 0 Å². The maximum absolute atomic E-state index is 12.5. The molecular weight excluding hydrogens is 707 g/mol. The summed E-state index contributed by atoms with van der Waals surface area (Å²) in [6.45, 7) is 1.35. The van der Waals surface area contributed by atoms with Gasteiger partial charge in [-0.3, -0.25) is 9.55 Å². The molecule has 4 nitrogen and oxygen atoms in total. The van der Waals surface area contributed by atoms with Crippen LogP contribution >= 0.6 is 0 Å². The molecule has 1 N–H and O–H groups in total. The predicted octanol–water partition coefficient (Wildman–Crippen LogP) is 14.4. The van der Waals surface area contributed by atoms with Crippen molar-refractivity contribution in [3.63, 3.8) is 0 Å². The summed E-state index contributed by atoms with van der Waals surface area (Å²) in [6, 6.07) is 30.9. The van der Waals surface area contributed by atoms with E-state index in [1.165, 1.54) is 30.5 Å². The molecule has 8 aromatic rings. The monoisotopic (exact) mass is 774 g/mol. The van der Waals surface area contributed by atoms with E-state index in [2.05, 4.69) is 25.8 Å². The van der Waals surface area contributed by atoms with Gasteiger partial charge in [-0.2, -0.15) is 0 Å². The minimum atomic E-state index is -3.65. The van der Waals surface area contributed by atoms with Crippen molar-refractivity contribution in [1.82, 2.24) is 14.5 Å². The van der Waals surface area contributed by atoms with Gasteiger partial charge in [0.05, 0.1) is 34.8 Å². The number of para-hydroxylation sites is 2. The minimum absolute atomic E-state index is 0.0120. The first-order chi connectivity index (χ1) is 33.4. The van der Waals surface area contributed by atoms with Crippen LogP contribution in [0.1, 0.15) is 98.0 Å². The van der Waals surface area contributed by atoms with Crippen molar-refractivity contribution in [2.75, 3.05) is 0 Å². The number of benzene rings is 6. The lowest BCUT2D eigenvalue weighted by atomic mass is 9.79. The Labute approximate surface area is 363 Å². The second kappa shape index (κ2) is 14.6. The second-order valence-corrected chi connectivity index (χ2v) is 16.7. The molecule has 8 rings (SSSR count). The number of pyridine rings is 1. The highest BCUT2D eigenvalue weighted by atomic mass is 16.3. The SMILES string of the molecule is [2H]c1c([2H])c([2H])c(-c2ccnc(-c3cc(-c4cccc5c4nc(-c4cc(C(C)(C)C)cc(C(C)(C)C)c4O)n5-c4ccccc4-c4ccccc4)cc(C(C([2H])([2H])[2H])(C([2H])([2H])[2H])C([2H])([2H])[2H])c3)c2)c([2H])c1[2H]. The Bertz CT molecular complexity index is 3350. The Morgan fingerprint density at radius 1 is 0.569 bits per heavy atom. The molecule has 0 aliphatic rings. The Morgan fingerprint density at radius 3 is 1.98 bits per heavy atom. The van der Waals surface area contributed by atoms with Crippen molar-refractivity contribution >= 4 is 11.0 Å². The fourth-order valence-corrected chi connectivity index (χ4v) is 7.38. The lowest BCUT2D eigenvalue weighted by Gasteiger charge is -2.27. The third-order valence-corrected chi connectivity index (χ3v) is 10.5. The Balaban J connectivity index is 1.53. The first-order valence-electron chi connectivity index (χ1n) is 26.1. The van der Waals surface area contributed by atoms with E-state index in [9.17, 15) is 5.11 Å². The largest absolute Gasteiger partial charge is 0.507 e. The molecule has 6 aromatic carbocycles. The first-order valence-corrected chi connectivity index (χ1v) is 19.1. The highest BCUT2D eigenvalue weighted by molar-refractivity contribution is 5.98. The molecule has 58 heavy (non-hydrogen) atoms. The Hall–Kier alpha value is -6.26. The van der Waals surface area contributed by atoms with Crippen LogP contribution in [0.25, 0.3) is 72.7 Å². The van der Waals surface area contributed by atoms with Crippen LogP contribution in [0.5, 0.6) is 5.75 Å². The third kappa shape index (κ3) is 7.36. The zero-order valence-electron chi connectivity index (χ0n) is 47.3. The van der Waals surface area contributed by atoms with Crippen molar-refractivity contribution in [3.05, 3.63) is 168 Å². The van der Waals surface area contributed by atoms with Gasteiger partial charge in [-0.05, 0) is 92.1 Å². The first kappa shape index (κ1) is 25.2. The van der Waals surface area contributed by atoms with Gasteiger partial charge in [0.25, 0.3) is 0 Å². The Kier molecular flexibility index (Phi) is 6.34. The smallest absolute Gasteiger partial charge is 0.149 e. The molecule has 0 amide bonds. The van der Waals surface area contributed by atoms with Crippen LogP contribution in [0, 0.1) is 0 Å². The van der Waals surface area contributed by atoms with Crippen LogP contribution in [0.15, 0.2) is 152 Å². The number of aromatic hydroxyl groups is 1. The summed E-state index contributed by atoms with van der Waals surface area (Å²) in [6.07, 6.45) is 1.32. The topological polar surface area (TPSA) is 50.9 Å². The molecule has 0 radical (unpaired) electrons. The maximum atomic E-state index is 12.5. The number of phenolic OH excluding ortho intramolecular Hbond substituents is 1. The maximum Gasteiger partial charge on any atom is 0.149 e. The average Bonchev–Trinajstić information content (AvgIpc) is 3.68. The normalized spacial score (nSPS) is 16.4. The molecule has 0 fully saturated rings. The van der Waals surface area contributed by atoms with E-state index in [-0.39, 0.29) is 39.1 Å². The molecule has 0 bridgehead atoms. The minimum Gasteiger partial charge on any atom is -0.507 e. The van der Waals surface area contributed by atoms with Gasteiger partial charge in [-0.25, -0.2) is 4.98 Å². The number of hydrogen-bond acceptors (Lipinski definition) is 3. The second-order valence-electron chi connectivity index (χ2n) is 16.7. The van der Waals surface area contributed by atoms with Gasteiger partial charge in [0.1, 0.15) is 11.6 Å². The number of rotatable bonds is 6. The van der Waals surface area contributed by atoms with Crippen molar-refractivity contribution in [1.29, 1.82) is 0 Å². The fourth-order valence-electron chi connectivity index (χ4n) is 7.38. The van der Waals surface area contributed by atoms with Crippen LogP contribution in [-0.2, 0) is 16.2 Å². The third-order valence-electron chi connectivity index (χ3n) is 10.5. The van der Waals surface area contributed by atoms with Crippen LogP contribution in [-0.4, -0.2) is 19.6 Å². The molecule has 0 saturated heterocycles. The summed E-state index contributed by atoms with van der Waals surface area (Å²) in [5.74, 6) is 0.360. The van der Waals surface area contributed by atoms with Crippen molar-refractivity contribution in [3.8, 4) is 67.5 Å². The molecule has 2 aromatic heterocycles. The van der Waals surface area contributed by atoms with E-state index in [1.807, 2.05) is 98.1 Å². The van der Waals surface area contributed by atoms with E-state index in [0.29, 0.717) is 39.2 Å². The summed E-state index contributed by atoms with van der Waals surface area (Å²) in [5, 5.41) is 12.5.